The molecule has 0 aromatic heterocycles. The van der Waals surface area contributed by atoms with E-state index in [0.717, 1.165) is 98.6 Å². The summed E-state index contributed by atoms with van der Waals surface area (Å²) in [5.41, 5.74) is 10.8. The van der Waals surface area contributed by atoms with Gasteiger partial charge >= 0.3 is 0 Å². The minimum absolute atomic E-state index is 0.00446. The first-order chi connectivity index (χ1) is 51.2. The topological polar surface area (TPSA) is 217 Å². The highest BCUT2D eigenvalue weighted by molar-refractivity contribution is 6.42. The Kier molecular flexibility index (Phi) is 31.7. The number of nitrogens with one attached hydrogen (secondary N) is 6. The van der Waals surface area contributed by atoms with Crippen molar-refractivity contribution >= 4 is 133 Å². The molecule has 0 saturated carbocycles. The van der Waals surface area contributed by atoms with Crippen LogP contribution in [0.4, 0.5) is 0 Å². The Bertz CT molecular complexity index is 4090. The van der Waals surface area contributed by atoms with E-state index < -0.39 is 0 Å². The molecule has 564 valence electrons. The van der Waals surface area contributed by atoms with Crippen LogP contribution in [0.5, 0.6) is 0 Å². The minimum atomic E-state index is -0.364. The van der Waals surface area contributed by atoms with Gasteiger partial charge in [0.2, 0.25) is 23.6 Å². The van der Waals surface area contributed by atoms with Crippen LogP contribution in [-0.4, -0.2) is 188 Å². The summed E-state index contributed by atoms with van der Waals surface area (Å²) in [4.78, 5) is 88.8. The first-order valence-electron chi connectivity index (χ1n) is 36.7. The molecule has 8 N–H and O–H groups in total. The van der Waals surface area contributed by atoms with Gasteiger partial charge in [-0.2, -0.15) is 0 Å². The quantitative estimate of drug-likeness (QED) is 0.0281. The fourth-order valence-corrected chi connectivity index (χ4v) is 15.8. The van der Waals surface area contributed by atoms with Crippen LogP contribution < -0.4 is 37.6 Å². The number of nitrogens with two attached hydrogens (primary N) is 1. The van der Waals surface area contributed by atoms with Crippen molar-refractivity contribution in [1.82, 2.24) is 56.4 Å². The predicted molar refractivity (Wildman–Crippen MR) is 429 cm³/mol. The van der Waals surface area contributed by atoms with E-state index in [9.17, 15) is 28.8 Å². The number of rotatable bonds is 24. The van der Waals surface area contributed by atoms with E-state index in [4.69, 9.17) is 86.9 Å². The van der Waals surface area contributed by atoms with E-state index in [0.29, 0.717) is 138 Å². The maximum absolute atomic E-state index is 13.6. The van der Waals surface area contributed by atoms with Crippen molar-refractivity contribution in [3.8, 4) is 0 Å². The Morgan fingerprint density at radius 1 is 0.491 bits per heavy atom. The lowest BCUT2D eigenvalue weighted by atomic mass is 9.95. The molecule has 6 amide bonds. The van der Waals surface area contributed by atoms with Gasteiger partial charge in [-0.05, 0) is 208 Å². The van der Waals surface area contributed by atoms with Crippen LogP contribution in [0.15, 0.2) is 158 Å². The highest BCUT2D eigenvalue weighted by Crippen LogP contribution is 2.28. The minimum Gasteiger partial charge on any atom is -0.351 e. The molecule has 18 nitrogen and oxygen atoms in total. The number of amides is 6. The van der Waals surface area contributed by atoms with Crippen LogP contribution in [0.1, 0.15) is 114 Å². The summed E-state index contributed by atoms with van der Waals surface area (Å²) in [7, 11) is 0. The number of carbonyl (C=O) groups excluding carboxylic acids is 6. The van der Waals surface area contributed by atoms with Gasteiger partial charge in [0.25, 0.3) is 11.8 Å². The number of halogens is 7. The van der Waals surface area contributed by atoms with Crippen LogP contribution >= 0.6 is 81.2 Å². The Morgan fingerprint density at radius 3 is 1.46 bits per heavy atom. The van der Waals surface area contributed by atoms with Gasteiger partial charge in [0.15, 0.2) is 0 Å². The lowest BCUT2D eigenvalue weighted by Gasteiger charge is -2.28. The predicted octanol–water partition coefficient (Wildman–Crippen LogP) is 13.2. The lowest BCUT2D eigenvalue weighted by molar-refractivity contribution is -0.134. The second kappa shape index (κ2) is 41.1. The summed E-state index contributed by atoms with van der Waals surface area (Å²) in [6.45, 7) is 12.6. The number of fused-ring (bicyclic) bond motifs is 1. The normalized spacial score (nSPS) is 20.6. The van der Waals surface area contributed by atoms with Crippen molar-refractivity contribution in [1.29, 1.82) is 0 Å². The number of benzene rings is 7. The van der Waals surface area contributed by atoms with Crippen molar-refractivity contribution in [3.05, 3.63) is 226 Å². The highest BCUT2D eigenvalue weighted by atomic mass is 35.5. The number of hydrogen-bond acceptors (Lipinski definition) is 12. The van der Waals surface area contributed by atoms with Gasteiger partial charge in [0, 0.05) is 138 Å². The van der Waals surface area contributed by atoms with Gasteiger partial charge in [-0.1, -0.05) is 161 Å². The monoisotopic (exact) mass is 1580 g/mol. The van der Waals surface area contributed by atoms with Gasteiger partial charge in [-0.15, -0.1) is 0 Å². The maximum Gasteiger partial charge on any atom is 0.251 e. The average molecular weight is 1580 g/mol. The molecule has 0 bridgehead atoms. The van der Waals surface area contributed by atoms with Gasteiger partial charge in [0.1, 0.15) is 0 Å². The summed E-state index contributed by atoms with van der Waals surface area (Å²) in [5.74, 6) is -0.00586. The maximum atomic E-state index is 13.6. The fourth-order valence-electron chi connectivity index (χ4n) is 14.2. The average Bonchev–Trinajstić information content (AvgIpc) is 1.81. The summed E-state index contributed by atoms with van der Waals surface area (Å²) in [6, 6.07) is 45.8. The van der Waals surface area contributed by atoms with E-state index >= 15 is 0 Å². The first-order valence-corrected chi connectivity index (χ1v) is 39.3. The smallest absolute Gasteiger partial charge is 0.251 e. The zero-order chi connectivity index (χ0) is 75.1. The highest BCUT2D eigenvalue weighted by Gasteiger charge is 2.36. The van der Waals surface area contributed by atoms with E-state index in [1.165, 1.54) is 11.6 Å². The van der Waals surface area contributed by atoms with Gasteiger partial charge < -0.3 is 62.1 Å². The van der Waals surface area contributed by atoms with Crippen LogP contribution in [-0.2, 0) is 32.3 Å². The summed E-state index contributed by atoms with van der Waals surface area (Å²) in [5, 5.41) is 25.3. The molecule has 5 saturated heterocycles. The Balaban J connectivity index is 0.000000170. The zero-order valence-electron chi connectivity index (χ0n) is 59.7. The van der Waals surface area contributed by atoms with Gasteiger partial charge in [0.05, 0.1) is 28.2 Å². The fraction of sp³-hybridized carbons (Fsp3) is 0.407. The molecule has 25 heteroatoms. The van der Waals surface area contributed by atoms with Crippen LogP contribution in [0.2, 0.25) is 35.2 Å². The molecule has 5 heterocycles. The van der Waals surface area contributed by atoms with E-state index in [1.807, 2.05) is 112 Å². The van der Waals surface area contributed by atoms with Crippen molar-refractivity contribution in [3.63, 3.8) is 0 Å². The van der Waals surface area contributed by atoms with Crippen molar-refractivity contribution in [2.24, 2.45) is 5.73 Å². The Labute approximate surface area is 657 Å². The van der Waals surface area contributed by atoms with Gasteiger partial charge in [-0.25, -0.2) is 0 Å². The third-order valence-electron chi connectivity index (χ3n) is 19.9. The van der Waals surface area contributed by atoms with E-state index in [2.05, 4.69) is 60.8 Å². The summed E-state index contributed by atoms with van der Waals surface area (Å²) >= 11 is 42.7. The Hall–Kier alpha value is -6.85. The van der Waals surface area contributed by atoms with E-state index in [-0.39, 0.29) is 77.6 Å². The molecule has 0 aliphatic carbocycles. The lowest BCUT2D eigenvalue weighted by Crippen LogP contribution is -2.53. The molecule has 12 rings (SSSR count). The zero-order valence-corrected chi connectivity index (χ0v) is 65.0. The molecule has 5 fully saturated rings. The SMILES string of the molecule is CCC(CN1CC[C@@H](CNC(=O)/C=C/c2ccc(Cl)cc2)N[C@@H](CCN)C1=O)c1ccccc1.O=C(NC[C@@H]1CCN(Cc2cc(Cl)cc(Cl)c2)C(=O)[C@H](CN2CCCC2)N1)c1ccc(Cl)c(Cl)c1.O=C(NC[C@@H]1CCN(Cc2cc(Cl)cc(Cl)c2)C(=O)[C@H](CN2CCCC2)N1)c1ccc2ccccc2c1. The van der Waals surface area contributed by atoms with Crippen molar-refractivity contribution in [2.75, 3.05) is 91.6 Å². The molecule has 7 aromatic rings. The number of nitrogens with zero attached hydrogens (tertiary/aromatic N) is 5. The van der Waals surface area contributed by atoms with Crippen molar-refractivity contribution < 1.29 is 28.8 Å². The Morgan fingerprint density at radius 2 is 0.953 bits per heavy atom. The molecule has 7 atom stereocenters. The molecule has 5 aliphatic rings. The largest absolute Gasteiger partial charge is 0.351 e. The molecule has 1 unspecified atom stereocenters. The van der Waals surface area contributed by atoms with Crippen LogP contribution in [0, 0.1) is 0 Å². The molecule has 0 spiro atoms. The standard InChI is InChI=1S/C29H32Cl2N4O2.C27H35ClN4O2.C25H28Cl4N4O2/c30-24-13-20(14-25(31)16-24)18-35-12-9-26(33-27(29(35)37)19-34-10-3-4-11-34)17-32-28(36)23-8-7-21-5-1-2-6-22(21)15-23;1-2-21(22-6-4-3-5-7-22)19-32-17-15-24(31-25(14-16-29)27(32)34)18-30-26(33)13-10-20-8-11-23(28)12-9-20;26-18-9-16(10-19(27)12-18)14-33-8-5-20(31-23(25(33)35)15-32-6-1-2-7-32)13-30-24(34)17-3-4-21(28)22(29)11-17/h1-2,5-8,13-16,26-27,33H,3-4,9-12,17-19H2,(H,32,36);3-13,21,24-25,31H,2,14-19,29H2,1H3,(H,30,33);3-4,9-12,20,23,31H,1-2,5-8,13-15H2,(H,30,34)/b;13-10+;/t26-,27-;21?,24-,25-;20-,23-/m000/s1. The second-order valence-electron chi connectivity index (χ2n) is 27.8. The third-order valence-corrected chi connectivity index (χ3v) is 21.8. The third kappa shape index (κ3) is 24.8. The summed E-state index contributed by atoms with van der Waals surface area (Å²) in [6.07, 6.45) is 11.6. The second-order valence-corrected chi connectivity index (χ2v) is 30.8. The number of carbonyl (C=O) groups is 6. The molecule has 5 aliphatic heterocycles. The van der Waals surface area contributed by atoms with E-state index in [1.54, 1.807) is 48.5 Å². The first kappa shape index (κ1) is 81.7. The number of hydrogen-bond donors (Lipinski definition) is 7. The molecule has 106 heavy (non-hydrogen) atoms. The molecular formula is C81H95Cl7N12O6. The molecule has 7 aromatic carbocycles. The molecular weight excluding hydrogens is 1490 g/mol. The number of likely N-dealkylation sites (tertiary alicyclic amines) is 2. The molecule has 0 radical (unpaired) electrons. The summed E-state index contributed by atoms with van der Waals surface area (Å²) < 4.78 is 0. The van der Waals surface area contributed by atoms with Gasteiger partial charge in [-0.3, -0.25) is 28.8 Å². The van der Waals surface area contributed by atoms with Crippen LogP contribution in [0.25, 0.3) is 16.8 Å². The van der Waals surface area contributed by atoms with Crippen molar-refractivity contribution in [2.45, 2.75) is 120 Å². The van der Waals surface area contributed by atoms with Crippen LogP contribution in [0.3, 0.4) is 0 Å².